The third kappa shape index (κ3) is 3.74. The van der Waals surface area contributed by atoms with Crippen molar-refractivity contribution in [3.8, 4) is 11.5 Å². The Hall–Kier alpha value is -2.27. The number of benzene rings is 2. The molecule has 2 aromatic carbocycles. The van der Waals surface area contributed by atoms with E-state index in [4.69, 9.17) is 21.7 Å². The van der Waals surface area contributed by atoms with Crippen molar-refractivity contribution in [3.05, 3.63) is 59.7 Å². The van der Waals surface area contributed by atoms with Gasteiger partial charge in [0.15, 0.2) is 16.6 Å². The summed E-state index contributed by atoms with van der Waals surface area (Å²) in [4.78, 5) is 0. The standard InChI is InChI=1S/C18H20N2O2S/c1-12(14-6-4-3-5-7-14)19-18(23)20-13(2)15-8-9-16-17(10-15)22-11-21-16/h3-10,12-13H,11H2,1-2H3,(H2,19,20,23). The van der Waals surface area contributed by atoms with Crippen LogP contribution in [0.4, 0.5) is 0 Å². The van der Waals surface area contributed by atoms with Crippen molar-refractivity contribution in [2.45, 2.75) is 25.9 Å². The molecule has 0 amide bonds. The minimum absolute atomic E-state index is 0.0764. The average molecular weight is 328 g/mol. The molecule has 1 aliphatic heterocycles. The van der Waals surface area contributed by atoms with E-state index in [-0.39, 0.29) is 18.9 Å². The minimum atomic E-state index is 0.0764. The van der Waals surface area contributed by atoms with Crippen molar-refractivity contribution in [2.75, 3.05) is 6.79 Å². The highest BCUT2D eigenvalue weighted by molar-refractivity contribution is 7.80. The van der Waals surface area contributed by atoms with E-state index in [9.17, 15) is 0 Å². The molecule has 0 fully saturated rings. The molecule has 0 spiro atoms. The summed E-state index contributed by atoms with van der Waals surface area (Å²) in [5, 5.41) is 7.26. The first-order chi connectivity index (χ1) is 11.1. The first-order valence-electron chi connectivity index (χ1n) is 7.65. The van der Waals surface area contributed by atoms with Crippen molar-refractivity contribution >= 4 is 17.3 Å². The van der Waals surface area contributed by atoms with Gasteiger partial charge in [-0.2, -0.15) is 0 Å². The lowest BCUT2D eigenvalue weighted by Gasteiger charge is -2.21. The summed E-state index contributed by atoms with van der Waals surface area (Å²) in [6, 6.07) is 16.4. The second-order valence-electron chi connectivity index (χ2n) is 5.58. The largest absolute Gasteiger partial charge is 0.454 e. The van der Waals surface area contributed by atoms with Crippen LogP contribution in [0.15, 0.2) is 48.5 Å². The first kappa shape index (κ1) is 15.6. The van der Waals surface area contributed by atoms with E-state index < -0.39 is 0 Å². The molecule has 3 rings (SSSR count). The maximum atomic E-state index is 5.43. The Kier molecular flexibility index (Phi) is 4.67. The van der Waals surface area contributed by atoms with Crippen LogP contribution in [0, 0.1) is 0 Å². The van der Waals surface area contributed by atoms with Gasteiger partial charge >= 0.3 is 0 Å². The monoisotopic (exact) mass is 328 g/mol. The predicted octanol–water partition coefficient (Wildman–Crippen LogP) is 3.70. The molecule has 0 saturated heterocycles. The molecular formula is C18H20N2O2S. The second kappa shape index (κ2) is 6.87. The van der Waals surface area contributed by atoms with E-state index in [1.54, 1.807) is 0 Å². The summed E-state index contributed by atoms with van der Waals surface area (Å²) >= 11 is 5.43. The van der Waals surface area contributed by atoms with E-state index >= 15 is 0 Å². The number of rotatable bonds is 4. The molecular weight excluding hydrogens is 308 g/mol. The van der Waals surface area contributed by atoms with Gasteiger partial charge in [-0.3, -0.25) is 0 Å². The number of thiocarbonyl (C=S) groups is 1. The highest BCUT2D eigenvalue weighted by atomic mass is 32.1. The number of hydrogen-bond acceptors (Lipinski definition) is 3. The summed E-state index contributed by atoms with van der Waals surface area (Å²) in [5.41, 5.74) is 2.30. The summed E-state index contributed by atoms with van der Waals surface area (Å²) in [5.74, 6) is 1.58. The van der Waals surface area contributed by atoms with Crippen molar-refractivity contribution < 1.29 is 9.47 Å². The van der Waals surface area contributed by atoms with Crippen molar-refractivity contribution in [2.24, 2.45) is 0 Å². The molecule has 23 heavy (non-hydrogen) atoms. The van der Waals surface area contributed by atoms with Crippen LogP contribution in [0.25, 0.3) is 0 Å². The fourth-order valence-electron chi connectivity index (χ4n) is 2.53. The zero-order valence-corrected chi connectivity index (χ0v) is 14.0. The zero-order chi connectivity index (χ0) is 16.2. The van der Waals surface area contributed by atoms with Gasteiger partial charge in [-0.05, 0) is 49.3 Å². The Bertz CT molecular complexity index is 691. The van der Waals surface area contributed by atoms with Crippen LogP contribution in [-0.2, 0) is 0 Å². The van der Waals surface area contributed by atoms with E-state index in [2.05, 4.69) is 36.6 Å². The smallest absolute Gasteiger partial charge is 0.231 e. The van der Waals surface area contributed by atoms with Gasteiger partial charge in [0.2, 0.25) is 6.79 Å². The second-order valence-corrected chi connectivity index (χ2v) is 5.99. The minimum Gasteiger partial charge on any atom is -0.454 e. The molecule has 0 aliphatic carbocycles. The Balaban J connectivity index is 1.59. The molecule has 0 bridgehead atoms. The van der Waals surface area contributed by atoms with Crippen LogP contribution < -0.4 is 20.1 Å². The molecule has 0 saturated carbocycles. The Morgan fingerprint density at radius 2 is 1.57 bits per heavy atom. The number of hydrogen-bond donors (Lipinski definition) is 2. The van der Waals surface area contributed by atoms with E-state index in [1.165, 1.54) is 5.56 Å². The molecule has 1 aliphatic rings. The van der Waals surface area contributed by atoms with Crippen LogP contribution in [-0.4, -0.2) is 11.9 Å². The highest BCUT2D eigenvalue weighted by Crippen LogP contribution is 2.34. The maximum absolute atomic E-state index is 5.43. The SMILES string of the molecule is CC(NC(=S)NC(C)c1ccc2c(c1)OCO2)c1ccccc1. The summed E-state index contributed by atoms with van der Waals surface area (Å²) in [6.45, 7) is 4.45. The fourth-order valence-corrected chi connectivity index (χ4v) is 2.88. The van der Waals surface area contributed by atoms with Gasteiger partial charge in [0, 0.05) is 0 Å². The van der Waals surface area contributed by atoms with Gasteiger partial charge in [-0.1, -0.05) is 36.4 Å². The first-order valence-corrected chi connectivity index (χ1v) is 8.06. The summed E-state index contributed by atoms with van der Waals surface area (Å²) in [7, 11) is 0. The van der Waals surface area contributed by atoms with Crippen LogP contribution >= 0.6 is 12.2 Å². The van der Waals surface area contributed by atoms with Crippen LogP contribution in [0.1, 0.15) is 37.1 Å². The van der Waals surface area contributed by atoms with Gasteiger partial charge in [0.25, 0.3) is 0 Å². The number of nitrogens with one attached hydrogen (secondary N) is 2. The van der Waals surface area contributed by atoms with E-state index in [0.29, 0.717) is 5.11 Å². The molecule has 4 nitrogen and oxygen atoms in total. The maximum Gasteiger partial charge on any atom is 0.231 e. The Morgan fingerprint density at radius 3 is 2.30 bits per heavy atom. The van der Waals surface area contributed by atoms with Gasteiger partial charge < -0.3 is 20.1 Å². The van der Waals surface area contributed by atoms with Crippen LogP contribution in [0.3, 0.4) is 0 Å². The lowest BCUT2D eigenvalue weighted by atomic mass is 10.1. The molecule has 1 heterocycles. The molecule has 0 radical (unpaired) electrons. The highest BCUT2D eigenvalue weighted by Gasteiger charge is 2.16. The van der Waals surface area contributed by atoms with Crippen molar-refractivity contribution in [3.63, 3.8) is 0 Å². The molecule has 2 atom stereocenters. The normalized spacial score (nSPS) is 14.9. The molecule has 120 valence electrons. The molecule has 2 unspecified atom stereocenters. The molecule has 2 N–H and O–H groups in total. The number of ether oxygens (including phenoxy) is 2. The van der Waals surface area contributed by atoms with Gasteiger partial charge in [0.1, 0.15) is 0 Å². The van der Waals surface area contributed by atoms with Crippen LogP contribution in [0.2, 0.25) is 0 Å². The number of fused-ring (bicyclic) bond motifs is 1. The molecule has 0 aromatic heterocycles. The van der Waals surface area contributed by atoms with E-state index in [0.717, 1.165) is 17.1 Å². The third-order valence-corrected chi connectivity index (χ3v) is 4.13. The van der Waals surface area contributed by atoms with Gasteiger partial charge in [0.05, 0.1) is 12.1 Å². The molecule has 2 aromatic rings. The zero-order valence-electron chi connectivity index (χ0n) is 13.2. The summed E-state index contributed by atoms with van der Waals surface area (Å²) < 4.78 is 10.8. The fraction of sp³-hybridized carbons (Fsp3) is 0.278. The van der Waals surface area contributed by atoms with Crippen LogP contribution in [0.5, 0.6) is 11.5 Å². The average Bonchev–Trinajstić information content (AvgIpc) is 3.03. The van der Waals surface area contributed by atoms with E-state index in [1.807, 2.05) is 36.4 Å². The molecule has 5 heteroatoms. The van der Waals surface area contributed by atoms with Gasteiger partial charge in [-0.15, -0.1) is 0 Å². The van der Waals surface area contributed by atoms with Gasteiger partial charge in [-0.25, -0.2) is 0 Å². The lowest BCUT2D eigenvalue weighted by Crippen LogP contribution is -2.38. The quantitative estimate of drug-likeness (QED) is 0.838. The predicted molar refractivity (Wildman–Crippen MR) is 94.7 cm³/mol. The third-order valence-electron chi connectivity index (χ3n) is 3.89. The lowest BCUT2D eigenvalue weighted by molar-refractivity contribution is 0.174. The Morgan fingerprint density at radius 1 is 0.913 bits per heavy atom. The van der Waals surface area contributed by atoms with Crippen molar-refractivity contribution in [1.82, 2.24) is 10.6 Å². The Labute approximate surface area is 141 Å². The van der Waals surface area contributed by atoms with Crippen molar-refractivity contribution in [1.29, 1.82) is 0 Å². The summed E-state index contributed by atoms with van der Waals surface area (Å²) in [6.07, 6.45) is 0. The topological polar surface area (TPSA) is 42.5 Å².